The first-order valence-corrected chi connectivity index (χ1v) is 4.99. The van der Waals surface area contributed by atoms with E-state index in [0.717, 1.165) is 17.7 Å². The molecule has 0 bridgehead atoms. The van der Waals surface area contributed by atoms with Crippen molar-refractivity contribution in [3.63, 3.8) is 0 Å². The number of hydrogen-bond acceptors (Lipinski definition) is 1. The second-order valence-electron chi connectivity index (χ2n) is 4.69. The fourth-order valence-electron chi connectivity index (χ4n) is 1.67. The minimum atomic E-state index is 0. The Bertz CT molecular complexity index is 125. The molecule has 1 aliphatic heterocycles. The lowest BCUT2D eigenvalue weighted by molar-refractivity contribution is -0.897. The predicted octanol–water partition coefficient (Wildman–Crippen LogP) is -1.34. The van der Waals surface area contributed by atoms with Gasteiger partial charge in [0.1, 0.15) is 6.04 Å². The van der Waals surface area contributed by atoms with Crippen molar-refractivity contribution < 1.29 is 33.2 Å². The van der Waals surface area contributed by atoms with E-state index in [2.05, 4.69) is 21.1 Å². The predicted molar refractivity (Wildman–Crippen MR) is 51.1 cm³/mol. The minimum absolute atomic E-state index is 0. The van der Waals surface area contributed by atoms with Crippen LogP contribution in [-0.2, 0) is 4.74 Å². The lowest BCUT2D eigenvalue weighted by atomic mass is 10.1. The van der Waals surface area contributed by atoms with E-state index in [9.17, 15) is 0 Å². The van der Waals surface area contributed by atoms with Crippen molar-refractivity contribution in [1.82, 2.24) is 0 Å². The number of rotatable bonds is 1. The van der Waals surface area contributed by atoms with E-state index in [1.807, 2.05) is 0 Å². The minimum Gasteiger partial charge on any atom is -1.00 e. The molecule has 0 radical (unpaired) electrons. The maximum atomic E-state index is 5.60. The molecule has 2 nitrogen and oxygen atoms in total. The Morgan fingerprint density at radius 2 is 1.77 bits per heavy atom. The van der Waals surface area contributed by atoms with Crippen molar-refractivity contribution in [3.05, 3.63) is 0 Å². The molecule has 1 aliphatic rings. The largest absolute Gasteiger partial charge is 1.00 e. The molecule has 1 atom stereocenters. The van der Waals surface area contributed by atoms with Gasteiger partial charge in [0.15, 0.2) is 0 Å². The van der Waals surface area contributed by atoms with Crippen LogP contribution in [0, 0.1) is 0 Å². The molecule has 0 N–H and O–H groups in total. The molecule has 1 heterocycles. The number of nitrogens with zero attached hydrogens (tertiary/aromatic N) is 1. The molecule has 0 aliphatic carbocycles. The monoisotopic (exact) mass is 299 g/mol. The zero-order valence-electron chi connectivity index (χ0n) is 9.05. The standard InChI is InChI=1S/C10H22NO.HI/c1-11(2,3)10-7-5-4-6-8-12-9-10;/h10H,4-9H2,1-3H3;1H/q+1;/p-1. The molecule has 0 aromatic carbocycles. The molecule has 80 valence electrons. The van der Waals surface area contributed by atoms with Gasteiger partial charge in [-0.1, -0.05) is 6.42 Å². The molecular formula is C10H22INO. The smallest absolute Gasteiger partial charge is 0.112 e. The van der Waals surface area contributed by atoms with Crippen LogP contribution < -0.4 is 24.0 Å². The molecular weight excluding hydrogens is 277 g/mol. The molecule has 0 amide bonds. The van der Waals surface area contributed by atoms with Crippen molar-refractivity contribution in [2.75, 3.05) is 34.4 Å². The Balaban J connectivity index is 0.00000144. The fourth-order valence-corrected chi connectivity index (χ4v) is 1.67. The summed E-state index contributed by atoms with van der Waals surface area (Å²) in [5, 5.41) is 0. The first-order valence-electron chi connectivity index (χ1n) is 4.99. The molecule has 0 saturated carbocycles. The first kappa shape index (κ1) is 13.7. The summed E-state index contributed by atoms with van der Waals surface area (Å²) in [5.74, 6) is 0. The second-order valence-corrected chi connectivity index (χ2v) is 4.69. The second kappa shape index (κ2) is 6.19. The number of hydrogen-bond donors (Lipinski definition) is 0. The third-order valence-corrected chi connectivity index (χ3v) is 2.73. The van der Waals surface area contributed by atoms with Gasteiger partial charge in [-0.3, -0.25) is 0 Å². The van der Waals surface area contributed by atoms with Crippen LogP contribution in [0.15, 0.2) is 0 Å². The number of likely N-dealkylation sites (N-methyl/N-ethyl adjacent to an activating group) is 1. The quantitative estimate of drug-likeness (QED) is 0.430. The van der Waals surface area contributed by atoms with Crippen molar-refractivity contribution in [1.29, 1.82) is 0 Å². The molecule has 1 saturated heterocycles. The molecule has 0 aromatic rings. The molecule has 3 heteroatoms. The Labute approximate surface area is 99.2 Å². The summed E-state index contributed by atoms with van der Waals surface area (Å²) < 4.78 is 6.64. The molecule has 13 heavy (non-hydrogen) atoms. The Kier molecular flexibility index (Phi) is 6.50. The van der Waals surface area contributed by atoms with Gasteiger partial charge in [0.25, 0.3) is 0 Å². The first-order chi connectivity index (χ1) is 5.61. The number of halogens is 1. The Morgan fingerprint density at radius 3 is 2.38 bits per heavy atom. The molecule has 1 rings (SSSR count). The average molecular weight is 299 g/mol. The Hall–Kier alpha value is 0.650. The van der Waals surface area contributed by atoms with E-state index in [1.54, 1.807) is 0 Å². The normalized spacial score (nSPS) is 25.6. The number of ether oxygens (including phenoxy) is 1. The highest BCUT2D eigenvalue weighted by Crippen LogP contribution is 2.15. The van der Waals surface area contributed by atoms with E-state index in [1.165, 1.54) is 25.7 Å². The maximum absolute atomic E-state index is 5.60. The van der Waals surface area contributed by atoms with Crippen molar-refractivity contribution in [2.45, 2.75) is 31.7 Å². The zero-order valence-corrected chi connectivity index (χ0v) is 11.2. The molecule has 0 aromatic heterocycles. The summed E-state index contributed by atoms with van der Waals surface area (Å²) in [4.78, 5) is 0. The zero-order chi connectivity index (χ0) is 9.03. The van der Waals surface area contributed by atoms with Crippen LogP contribution in [0.2, 0.25) is 0 Å². The van der Waals surface area contributed by atoms with Crippen LogP contribution in [0.5, 0.6) is 0 Å². The highest BCUT2D eigenvalue weighted by molar-refractivity contribution is 4.60. The van der Waals surface area contributed by atoms with Crippen LogP contribution >= 0.6 is 0 Å². The van der Waals surface area contributed by atoms with Crippen molar-refractivity contribution in [3.8, 4) is 0 Å². The third kappa shape index (κ3) is 5.18. The van der Waals surface area contributed by atoms with Gasteiger partial charge in [0.05, 0.1) is 27.7 Å². The van der Waals surface area contributed by atoms with Gasteiger partial charge < -0.3 is 33.2 Å². The molecule has 1 fully saturated rings. The van der Waals surface area contributed by atoms with Gasteiger partial charge in [-0.2, -0.15) is 0 Å². The van der Waals surface area contributed by atoms with E-state index >= 15 is 0 Å². The fraction of sp³-hybridized carbons (Fsp3) is 1.00. The third-order valence-electron chi connectivity index (χ3n) is 2.73. The summed E-state index contributed by atoms with van der Waals surface area (Å²) in [6, 6.07) is 0.699. The van der Waals surface area contributed by atoms with E-state index in [4.69, 9.17) is 4.74 Å². The van der Waals surface area contributed by atoms with Gasteiger partial charge in [-0.25, -0.2) is 0 Å². The lowest BCUT2D eigenvalue weighted by Gasteiger charge is -2.35. The summed E-state index contributed by atoms with van der Waals surface area (Å²) in [7, 11) is 6.78. The van der Waals surface area contributed by atoms with E-state index in [0.29, 0.717) is 6.04 Å². The van der Waals surface area contributed by atoms with Crippen LogP contribution in [0.1, 0.15) is 25.7 Å². The summed E-state index contributed by atoms with van der Waals surface area (Å²) in [6.45, 7) is 1.92. The number of quaternary nitrogens is 1. The Morgan fingerprint density at radius 1 is 1.08 bits per heavy atom. The lowest BCUT2D eigenvalue weighted by Crippen LogP contribution is -3.00. The van der Waals surface area contributed by atoms with Crippen molar-refractivity contribution >= 4 is 0 Å². The van der Waals surface area contributed by atoms with Crippen LogP contribution in [0.3, 0.4) is 0 Å². The van der Waals surface area contributed by atoms with Gasteiger partial charge in [-0.15, -0.1) is 0 Å². The highest BCUT2D eigenvalue weighted by Gasteiger charge is 2.24. The average Bonchev–Trinajstić information content (AvgIpc) is 1.81. The van der Waals surface area contributed by atoms with Gasteiger partial charge in [0, 0.05) is 13.0 Å². The van der Waals surface area contributed by atoms with Gasteiger partial charge in [-0.05, 0) is 12.8 Å². The van der Waals surface area contributed by atoms with E-state index in [-0.39, 0.29) is 24.0 Å². The molecule has 1 unspecified atom stereocenters. The van der Waals surface area contributed by atoms with E-state index < -0.39 is 0 Å². The SMILES string of the molecule is C[N+](C)(C)C1CCCCCOC1.[I-]. The summed E-state index contributed by atoms with van der Waals surface area (Å²) in [5.41, 5.74) is 0. The van der Waals surface area contributed by atoms with Gasteiger partial charge in [0.2, 0.25) is 0 Å². The van der Waals surface area contributed by atoms with Crippen LogP contribution in [0.25, 0.3) is 0 Å². The summed E-state index contributed by atoms with van der Waals surface area (Å²) >= 11 is 0. The van der Waals surface area contributed by atoms with Crippen LogP contribution in [0.4, 0.5) is 0 Å². The van der Waals surface area contributed by atoms with Gasteiger partial charge >= 0.3 is 0 Å². The van der Waals surface area contributed by atoms with Crippen LogP contribution in [-0.4, -0.2) is 44.9 Å². The van der Waals surface area contributed by atoms with Crippen molar-refractivity contribution in [2.24, 2.45) is 0 Å². The maximum Gasteiger partial charge on any atom is 0.112 e. The summed E-state index contributed by atoms with van der Waals surface area (Å²) in [6.07, 6.45) is 5.30. The molecule has 0 spiro atoms. The topological polar surface area (TPSA) is 9.23 Å². The highest BCUT2D eigenvalue weighted by atomic mass is 127.